The highest BCUT2D eigenvalue weighted by Crippen LogP contribution is 2.36. The van der Waals surface area contributed by atoms with Crippen LogP contribution in [-0.2, 0) is 9.53 Å². The van der Waals surface area contributed by atoms with Crippen LogP contribution in [0, 0.1) is 16.7 Å². The highest BCUT2D eigenvalue weighted by atomic mass is 16.5. The van der Waals surface area contributed by atoms with Gasteiger partial charge in [-0.05, 0) is 24.7 Å². The highest BCUT2D eigenvalue weighted by Gasteiger charge is 2.35. The van der Waals surface area contributed by atoms with Gasteiger partial charge in [-0.25, -0.2) is 0 Å². The molecule has 0 aromatic rings. The molecule has 1 atom stereocenters. The second kappa shape index (κ2) is 3.48. The first kappa shape index (κ1) is 10.2. The summed E-state index contributed by atoms with van der Waals surface area (Å²) >= 11 is 0. The van der Waals surface area contributed by atoms with Crippen LogP contribution in [0.15, 0.2) is 0 Å². The molecule has 0 radical (unpaired) electrons. The van der Waals surface area contributed by atoms with Crippen molar-refractivity contribution in [2.45, 2.75) is 33.1 Å². The Labute approximate surface area is 79.0 Å². The van der Waals surface area contributed by atoms with Crippen LogP contribution in [-0.4, -0.2) is 18.8 Å². The third-order valence-electron chi connectivity index (χ3n) is 2.69. The zero-order chi connectivity index (χ0) is 10.1. The molecule has 0 heterocycles. The van der Waals surface area contributed by atoms with Crippen LogP contribution < -0.4 is 0 Å². The monoisotopic (exact) mass is 183 g/mol. The number of ether oxygens (including phenoxy) is 1. The van der Waals surface area contributed by atoms with E-state index in [1.807, 2.05) is 0 Å². The number of nitrogens with one attached hydrogen (secondary N) is 1. The van der Waals surface area contributed by atoms with Crippen molar-refractivity contribution in [1.82, 2.24) is 0 Å². The molecule has 13 heavy (non-hydrogen) atoms. The summed E-state index contributed by atoms with van der Waals surface area (Å²) in [7, 11) is 1.38. The van der Waals surface area contributed by atoms with Crippen LogP contribution in [0.2, 0.25) is 0 Å². The summed E-state index contributed by atoms with van der Waals surface area (Å²) in [4.78, 5) is 11.2. The number of carbonyl (C=O) groups is 1. The van der Waals surface area contributed by atoms with Gasteiger partial charge in [0.05, 0.1) is 13.0 Å². The van der Waals surface area contributed by atoms with Crippen molar-refractivity contribution in [1.29, 1.82) is 5.41 Å². The van der Waals surface area contributed by atoms with Gasteiger partial charge in [0.15, 0.2) is 0 Å². The van der Waals surface area contributed by atoms with Gasteiger partial charge in [0.2, 0.25) is 0 Å². The molecular formula is C10H17NO2. The second-order valence-corrected chi connectivity index (χ2v) is 4.48. The fourth-order valence-electron chi connectivity index (χ4n) is 1.84. The SMILES string of the molecule is COC(=O)C1CCC(C)(C)CC1=N. The minimum atomic E-state index is -0.280. The molecule has 1 N–H and O–H groups in total. The van der Waals surface area contributed by atoms with E-state index in [1.54, 1.807) is 0 Å². The summed E-state index contributed by atoms with van der Waals surface area (Å²) in [6.45, 7) is 4.27. The Bertz CT molecular complexity index is 233. The van der Waals surface area contributed by atoms with Crippen LogP contribution in [0.1, 0.15) is 33.1 Å². The van der Waals surface area contributed by atoms with Gasteiger partial charge in [-0.1, -0.05) is 13.8 Å². The molecule has 1 saturated carbocycles. The van der Waals surface area contributed by atoms with Crippen molar-refractivity contribution in [2.24, 2.45) is 11.3 Å². The minimum Gasteiger partial charge on any atom is -0.469 e. The smallest absolute Gasteiger partial charge is 0.314 e. The molecule has 3 heteroatoms. The number of esters is 1. The molecule has 0 aromatic carbocycles. The topological polar surface area (TPSA) is 50.2 Å². The van der Waals surface area contributed by atoms with E-state index in [4.69, 9.17) is 5.41 Å². The summed E-state index contributed by atoms with van der Waals surface area (Å²) in [5.41, 5.74) is 0.713. The molecule has 1 fully saturated rings. The number of carbonyl (C=O) groups excluding carboxylic acids is 1. The van der Waals surface area contributed by atoms with Crippen LogP contribution in [0.3, 0.4) is 0 Å². The van der Waals surface area contributed by atoms with Crippen molar-refractivity contribution < 1.29 is 9.53 Å². The van der Waals surface area contributed by atoms with Gasteiger partial charge in [0, 0.05) is 5.71 Å². The molecule has 74 valence electrons. The first-order valence-corrected chi connectivity index (χ1v) is 4.61. The van der Waals surface area contributed by atoms with E-state index in [0.717, 1.165) is 12.8 Å². The molecule has 0 amide bonds. The van der Waals surface area contributed by atoms with Crippen LogP contribution in [0.5, 0.6) is 0 Å². The van der Waals surface area contributed by atoms with Gasteiger partial charge in [0.25, 0.3) is 0 Å². The molecule has 1 aliphatic rings. The Morgan fingerprint density at radius 1 is 1.62 bits per heavy atom. The van der Waals surface area contributed by atoms with Crippen molar-refractivity contribution in [3.8, 4) is 0 Å². The predicted octanol–water partition coefficient (Wildman–Crippen LogP) is 2.01. The lowest BCUT2D eigenvalue weighted by atomic mass is 9.72. The maximum atomic E-state index is 11.2. The lowest BCUT2D eigenvalue weighted by molar-refractivity contribution is -0.143. The van der Waals surface area contributed by atoms with Gasteiger partial charge in [0.1, 0.15) is 0 Å². The quantitative estimate of drug-likeness (QED) is 0.632. The van der Waals surface area contributed by atoms with E-state index in [1.165, 1.54) is 7.11 Å². The second-order valence-electron chi connectivity index (χ2n) is 4.48. The van der Waals surface area contributed by atoms with Crippen LogP contribution in [0.4, 0.5) is 0 Å². The first-order valence-electron chi connectivity index (χ1n) is 4.61. The third kappa shape index (κ3) is 2.29. The summed E-state index contributed by atoms with van der Waals surface area (Å²) < 4.78 is 4.65. The number of hydrogen-bond acceptors (Lipinski definition) is 3. The Kier molecular flexibility index (Phi) is 2.74. The molecular weight excluding hydrogens is 166 g/mol. The van der Waals surface area contributed by atoms with Gasteiger partial charge < -0.3 is 10.1 Å². The van der Waals surface area contributed by atoms with Crippen molar-refractivity contribution in [2.75, 3.05) is 7.11 Å². The highest BCUT2D eigenvalue weighted by molar-refractivity contribution is 6.01. The predicted molar refractivity (Wildman–Crippen MR) is 50.9 cm³/mol. The molecule has 0 aromatic heterocycles. The Morgan fingerprint density at radius 2 is 2.23 bits per heavy atom. The normalized spacial score (nSPS) is 27.0. The van der Waals surface area contributed by atoms with E-state index in [0.29, 0.717) is 12.1 Å². The number of rotatable bonds is 1. The summed E-state index contributed by atoms with van der Waals surface area (Å²) in [5, 5.41) is 7.73. The van der Waals surface area contributed by atoms with Gasteiger partial charge in [-0.3, -0.25) is 4.79 Å². The van der Waals surface area contributed by atoms with Gasteiger partial charge >= 0.3 is 5.97 Å². The molecule has 1 unspecified atom stereocenters. The van der Waals surface area contributed by atoms with E-state index < -0.39 is 0 Å². The van der Waals surface area contributed by atoms with Gasteiger partial charge in [-0.15, -0.1) is 0 Å². The maximum absolute atomic E-state index is 11.2. The zero-order valence-electron chi connectivity index (χ0n) is 8.52. The molecule has 0 bridgehead atoms. The lowest BCUT2D eigenvalue weighted by Crippen LogP contribution is -2.34. The third-order valence-corrected chi connectivity index (χ3v) is 2.69. The molecule has 0 spiro atoms. The first-order chi connectivity index (χ1) is 5.96. The van der Waals surface area contributed by atoms with E-state index in [-0.39, 0.29) is 17.3 Å². The number of methoxy groups -OCH3 is 1. The Balaban J connectivity index is 2.64. The molecule has 1 aliphatic carbocycles. The zero-order valence-corrected chi connectivity index (χ0v) is 8.52. The minimum absolute atomic E-state index is 0.182. The van der Waals surface area contributed by atoms with E-state index in [9.17, 15) is 4.79 Å². The van der Waals surface area contributed by atoms with Crippen molar-refractivity contribution >= 4 is 11.7 Å². The fourth-order valence-corrected chi connectivity index (χ4v) is 1.84. The Morgan fingerprint density at radius 3 is 2.69 bits per heavy atom. The fraction of sp³-hybridized carbons (Fsp3) is 0.800. The maximum Gasteiger partial charge on any atom is 0.314 e. The van der Waals surface area contributed by atoms with Gasteiger partial charge in [-0.2, -0.15) is 0 Å². The van der Waals surface area contributed by atoms with Crippen LogP contribution in [0.25, 0.3) is 0 Å². The lowest BCUT2D eigenvalue weighted by Gasteiger charge is -2.33. The Hall–Kier alpha value is -0.860. The molecule has 0 aliphatic heterocycles. The number of hydrogen-bond donors (Lipinski definition) is 1. The summed E-state index contributed by atoms with van der Waals surface area (Å²) in [6.07, 6.45) is 2.47. The van der Waals surface area contributed by atoms with Crippen molar-refractivity contribution in [3.63, 3.8) is 0 Å². The summed E-state index contributed by atoms with van der Waals surface area (Å²) in [5.74, 6) is -0.529. The van der Waals surface area contributed by atoms with E-state index >= 15 is 0 Å². The van der Waals surface area contributed by atoms with Crippen LogP contribution >= 0.6 is 0 Å². The average molecular weight is 183 g/mol. The molecule has 3 nitrogen and oxygen atoms in total. The molecule has 1 rings (SSSR count). The summed E-state index contributed by atoms with van der Waals surface area (Å²) in [6, 6.07) is 0. The largest absolute Gasteiger partial charge is 0.469 e. The average Bonchev–Trinajstić information content (AvgIpc) is 2.01. The standard InChI is InChI=1S/C10H17NO2/c1-10(2)5-4-7(8(11)6-10)9(12)13-3/h7,11H,4-6H2,1-3H3. The van der Waals surface area contributed by atoms with E-state index in [2.05, 4.69) is 18.6 Å². The van der Waals surface area contributed by atoms with Crippen molar-refractivity contribution in [3.05, 3.63) is 0 Å². The molecule has 0 saturated heterocycles.